The van der Waals surface area contributed by atoms with Gasteiger partial charge in [-0.2, -0.15) is 0 Å². The van der Waals surface area contributed by atoms with E-state index >= 15 is 0 Å². The maximum atomic E-state index is 12.8. The lowest BCUT2D eigenvalue weighted by Gasteiger charge is -2.31. The second-order valence-electron chi connectivity index (χ2n) is 7.22. The lowest BCUT2D eigenvalue weighted by Crippen LogP contribution is -2.41. The van der Waals surface area contributed by atoms with Crippen molar-refractivity contribution in [2.24, 2.45) is 5.92 Å². The number of pyridine rings is 1. The SMILES string of the molecule is CCN(C(=O)c1ccc(N2CCC(C)CC2)nc1)C1CCS(=O)(=O)C1. The van der Waals surface area contributed by atoms with E-state index < -0.39 is 9.84 Å². The van der Waals surface area contributed by atoms with Crippen LogP contribution in [0.2, 0.25) is 0 Å². The van der Waals surface area contributed by atoms with Crippen LogP contribution in [0.25, 0.3) is 0 Å². The molecule has 0 radical (unpaired) electrons. The molecule has 3 heterocycles. The van der Waals surface area contributed by atoms with Crippen molar-refractivity contribution in [2.75, 3.05) is 36.0 Å². The molecule has 1 atom stereocenters. The number of carbonyl (C=O) groups is 1. The van der Waals surface area contributed by atoms with Crippen molar-refractivity contribution in [1.82, 2.24) is 9.88 Å². The van der Waals surface area contributed by atoms with E-state index in [1.54, 1.807) is 11.1 Å². The second kappa shape index (κ2) is 7.32. The first-order valence-corrected chi connectivity index (χ1v) is 10.9. The molecular weight excluding hydrogens is 338 g/mol. The molecule has 0 aromatic carbocycles. The first kappa shape index (κ1) is 18.2. The predicted molar refractivity (Wildman–Crippen MR) is 98.6 cm³/mol. The highest BCUT2D eigenvalue weighted by Gasteiger charge is 2.34. The minimum absolute atomic E-state index is 0.0735. The van der Waals surface area contributed by atoms with Crippen molar-refractivity contribution < 1.29 is 13.2 Å². The molecule has 6 nitrogen and oxygen atoms in total. The van der Waals surface area contributed by atoms with Crippen LogP contribution in [0.15, 0.2) is 18.3 Å². The third kappa shape index (κ3) is 4.14. The van der Waals surface area contributed by atoms with Crippen molar-refractivity contribution in [3.05, 3.63) is 23.9 Å². The predicted octanol–water partition coefficient (Wildman–Crippen LogP) is 1.97. The summed E-state index contributed by atoms with van der Waals surface area (Å²) in [6, 6.07) is 3.50. The number of carbonyl (C=O) groups excluding carboxylic acids is 1. The number of aromatic nitrogens is 1. The number of piperidine rings is 1. The molecule has 2 aliphatic heterocycles. The van der Waals surface area contributed by atoms with Crippen molar-refractivity contribution >= 4 is 21.6 Å². The molecule has 0 aliphatic carbocycles. The summed E-state index contributed by atoms with van der Waals surface area (Å²) in [7, 11) is -3.01. The van der Waals surface area contributed by atoms with Gasteiger partial charge in [0.25, 0.3) is 5.91 Å². The molecule has 2 fully saturated rings. The minimum Gasteiger partial charge on any atom is -0.357 e. The standard InChI is InChI=1S/C18H27N3O3S/c1-3-21(16-8-11-25(23,24)13-16)18(22)15-4-5-17(19-12-15)20-9-6-14(2)7-10-20/h4-5,12,14,16H,3,6-11,13H2,1-2H3. The Morgan fingerprint density at radius 2 is 2.00 bits per heavy atom. The highest BCUT2D eigenvalue weighted by Crippen LogP contribution is 2.23. The summed E-state index contributed by atoms with van der Waals surface area (Å²) in [4.78, 5) is 21.2. The zero-order valence-electron chi connectivity index (χ0n) is 15.0. The Morgan fingerprint density at radius 3 is 2.52 bits per heavy atom. The normalized spacial score (nSPS) is 23.6. The van der Waals surface area contributed by atoms with E-state index in [0.717, 1.165) is 24.8 Å². The summed E-state index contributed by atoms with van der Waals surface area (Å²) in [5.41, 5.74) is 0.528. The fourth-order valence-corrected chi connectivity index (χ4v) is 5.42. The smallest absolute Gasteiger partial charge is 0.255 e. The van der Waals surface area contributed by atoms with Crippen LogP contribution >= 0.6 is 0 Å². The maximum absolute atomic E-state index is 12.8. The summed E-state index contributed by atoms with van der Waals surface area (Å²) in [5.74, 6) is 1.79. The summed E-state index contributed by atoms with van der Waals surface area (Å²) < 4.78 is 23.4. The van der Waals surface area contributed by atoms with Gasteiger partial charge < -0.3 is 9.80 Å². The van der Waals surface area contributed by atoms with Gasteiger partial charge in [-0.3, -0.25) is 4.79 Å². The Morgan fingerprint density at radius 1 is 1.28 bits per heavy atom. The summed E-state index contributed by atoms with van der Waals surface area (Å²) >= 11 is 0. The van der Waals surface area contributed by atoms with Gasteiger partial charge in [-0.15, -0.1) is 0 Å². The van der Waals surface area contributed by atoms with E-state index in [-0.39, 0.29) is 23.5 Å². The Hall–Kier alpha value is -1.63. The number of anilines is 1. The first-order chi connectivity index (χ1) is 11.9. The molecule has 7 heteroatoms. The van der Waals surface area contributed by atoms with Crippen molar-refractivity contribution in [3.63, 3.8) is 0 Å². The topological polar surface area (TPSA) is 70.6 Å². The van der Waals surface area contributed by atoms with E-state index in [2.05, 4.69) is 16.8 Å². The molecule has 138 valence electrons. The molecule has 3 rings (SSSR count). The Bertz CT molecular complexity index is 710. The third-order valence-electron chi connectivity index (χ3n) is 5.35. The Labute approximate surface area is 150 Å². The van der Waals surface area contributed by atoms with Crippen LogP contribution in [0.3, 0.4) is 0 Å². The monoisotopic (exact) mass is 365 g/mol. The zero-order chi connectivity index (χ0) is 18.0. The first-order valence-electron chi connectivity index (χ1n) is 9.12. The number of hydrogen-bond donors (Lipinski definition) is 0. The molecule has 1 aromatic heterocycles. The van der Waals surface area contributed by atoms with Gasteiger partial charge in [-0.1, -0.05) is 6.92 Å². The Kier molecular flexibility index (Phi) is 5.32. The molecule has 0 N–H and O–H groups in total. The van der Waals surface area contributed by atoms with E-state index in [1.807, 2.05) is 19.1 Å². The van der Waals surface area contributed by atoms with Crippen LogP contribution in [0.5, 0.6) is 0 Å². The molecule has 1 unspecified atom stereocenters. The van der Waals surface area contributed by atoms with Gasteiger partial charge in [0.05, 0.1) is 17.1 Å². The average molecular weight is 365 g/mol. The molecular formula is C18H27N3O3S. The number of nitrogens with zero attached hydrogens (tertiary/aromatic N) is 3. The molecule has 1 aromatic rings. The summed E-state index contributed by atoms with van der Waals surface area (Å²) in [5, 5.41) is 0. The highest BCUT2D eigenvalue weighted by atomic mass is 32.2. The van der Waals surface area contributed by atoms with Crippen molar-refractivity contribution in [1.29, 1.82) is 0 Å². The number of rotatable bonds is 4. The second-order valence-corrected chi connectivity index (χ2v) is 9.45. The quantitative estimate of drug-likeness (QED) is 0.816. The van der Waals surface area contributed by atoms with Gasteiger partial charge in [0.15, 0.2) is 9.84 Å². The van der Waals surface area contributed by atoms with Crippen molar-refractivity contribution in [2.45, 2.75) is 39.2 Å². The largest absolute Gasteiger partial charge is 0.357 e. The van der Waals surface area contributed by atoms with E-state index in [1.165, 1.54) is 12.8 Å². The Balaban J connectivity index is 1.69. The fourth-order valence-electron chi connectivity index (χ4n) is 3.69. The van der Waals surface area contributed by atoms with Crippen molar-refractivity contribution in [3.8, 4) is 0 Å². The van der Waals surface area contributed by atoms with Gasteiger partial charge >= 0.3 is 0 Å². The molecule has 0 spiro atoms. The van der Waals surface area contributed by atoms with Gasteiger partial charge in [0.1, 0.15) is 5.82 Å². The average Bonchev–Trinajstić information content (AvgIpc) is 2.96. The van der Waals surface area contributed by atoms with E-state index in [9.17, 15) is 13.2 Å². The highest BCUT2D eigenvalue weighted by molar-refractivity contribution is 7.91. The van der Waals surface area contributed by atoms with Gasteiger partial charge in [0, 0.05) is 31.9 Å². The van der Waals surface area contributed by atoms with Crippen LogP contribution in [-0.2, 0) is 9.84 Å². The van der Waals surface area contributed by atoms with Crippen LogP contribution < -0.4 is 4.90 Å². The lowest BCUT2D eigenvalue weighted by molar-refractivity contribution is 0.0708. The summed E-state index contributed by atoms with van der Waals surface area (Å²) in [6.07, 6.45) is 4.49. The molecule has 0 bridgehead atoms. The molecule has 2 saturated heterocycles. The molecule has 2 aliphatic rings. The zero-order valence-corrected chi connectivity index (χ0v) is 15.8. The van der Waals surface area contributed by atoms with Crippen LogP contribution in [0.1, 0.15) is 43.5 Å². The van der Waals surface area contributed by atoms with Crippen LogP contribution in [0.4, 0.5) is 5.82 Å². The fraction of sp³-hybridized carbons (Fsp3) is 0.667. The summed E-state index contributed by atoms with van der Waals surface area (Å²) in [6.45, 7) is 6.67. The molecule has 25 heavy (non-hydrogen) atoms. The lowest BCUT2D eigenvalue weighted by atomic mass is 9.99. The minimum atomic E-state index is -3.01. The van der Waals surface area contributed by atoms with Gasteiger partial charge in [-0.25, -0.2) is 13.4 Å². The maximum Gasteiger partial charge on any atom is 0.255 e. The van der Waals surface area contributed by atoms with Gasteiger partial charge in [0.2, 0.25) is 0 Å². The number of hydrogen-bond acceptors (Lipinski definition) is 5. The van der Waals surface area contributed by atoms with Crippen LogP contribution in [0, 0.1) is 5.92 Å². The van der Waals surface area contributed by atoms with Gasteiger partial charge in [-0.05, 0) is 44.2 Å². The number of amides is 1. The molecule has 1 amide bonds. The van der Waals surface area contributed by atoms with Crippen LogP contribution in [-0.4, -0.2) is 61.4 Å². The molecule has 0 saturated carbocycles. The van der Waals surface area contributed by atoms with E-state index in [4.69, 9.17) is 0 Å². The third-order valence-corrected chi connectivity index (χ3v) is 7.10. The van der Waals surface area contributed by atoms with E-state index in [0.29, 0.717) is 18.5 Å². The number of sulfone groups is 1.